The van der Waals surface area contributed by atoms with E-state index in [1.54, 1.807) is 0 Å². The van der Waals surface area contributed by atoms with Crippen LogP contribution in [-0.2, 0) is 0 Å². The Morgan fingerprint density at radius 2 is 1.95 bits per heavy atom. The summed E-state index contributed by atoms with van der Waals surface area (Å²) in [6, 6.07) is 0. The number of hydrogen-bond donors (Lipinski definition) is 1. The number of aliphatic imine (C=N–C) groups is 1. The molecule has 20 heavy (non-hydrogen) atoms. The van der Waals surface area contributed by atoms with Crippen LogP contribution < -0.4 is 0 Å². The van der Waals surface area contributed by atoms with E-state index in [0.29, 0.717) is 0 Å². The van der Waals surface area contributed by atoms with Crippen molar-refractivity contribution in [1.29, 1.82) is 0 Å². The molecule has 1 rings (SSSR count). The van der Waals surface area contributed by atoms with Crippen LogP contribution in [0.2, 0.25) is 0 Å². The summed E-state index contributed by atoms with van der Waals surface area (Å²) < 4.78 is 0.900. The van der Waals surface area contributed by atoms with Crippen molar-refractivity contribution < 1.29 is 9.59 Å². The Morgan fingerprint density at radius 1 is 1.15 bits per heavy atom. The normalized spacial score (nSPS) is 22.6. The second kappa shape index (κ2) is 10.1. The Kier molecular flexibility index (Phi) is 8.79. The summed E-state index contributed by atoms with van der Waals surface area (Å²) in [5.41, 5.74) is 0. The molecular weight excluding hydrogens is 248 g/mol. The van der Waals surface area contributed by atoms with Crippen LogP contribution in [0.4, 0.5) is 0 Å². The Hall–Kier alpha value is -0.670. The number of aliphatic hydroxyl groups is 1. The molecule has 116 valence electrons. The second-order valence-corrected chi connectivity index (χ2v) is 5.81. The molecule has 1 heterocycles. The molecule has 1 unspecified atom stereocenters. The number of amidine groups is 1. The summed E-state index contributed by atoms with van der Waals surface area (Å²) in [6.45, 7) is 8.57. The minimum atomic E-state index is 0.258. The lowest BCUT2D eigenvalue weighted by molar-refractivity contribution is -0.834. The lowest BCUT2D eigenvalue weighted by atomic mass is 10.1. The summed E-state index contributed by atoms with van der Waals surface area (Å²) in [7, 11) is 0. The highest BCUT2D eigenvalue weighted by Gasteiger charge is 2.34. The molecule has 0 spiro atoms. The van der Waals surface area contributed by atoms with Crippen LogP contribution in [0.5, 0.6) is 0 Å². The van der Waals surface area contributed by atoms with Gasteiger partial charge in [0.2, 0.25) is 5.84 Å². The van der Waals surface area contributed by atoms with Gasteiger partial charge in [0.05, 0.1) is 26.1 Å². The van der Waals surface area contributed by atoms with E-state index in [9.17, 15) is 5.11 Å². The first-order valence-electron chi connectivity index (χ1n) is 8.45. The molecule has 0 aliphatic carbocycles. The van der Waals surface area contributed by atoms with Gasteiger partial charge in [0.15, 0.2) is 0 Å². The van der Waals surface area contributed by atoms with Crippen molar-refractivity contribution in [2.24, 2.45) is 4.99 Å². The van der Waals surface area contributed by atoms with Crippen molar-refractivity contribution in [3.8, 4) is 0 Å². The van der Waals surface area contributed by atoms with Gasteiger partial charge in [0, 0.05) is 0 Å². The molecule has 3 heteroatoms. The van der Waals surface area contributed by atoms with Crippen molar-refractivity contribution in [3.05, 3.63) is 12.2 Å². The van der Waals surface area contributed by atoms with Crippen LogP contribution in [0.3, 0.4) is 0 Å². The van der Waals surface area contributed by atoms with E-state index in [1.165, 1.54) is 44.4 Å². The third-order valence-corrected chi connectivity index (χ3v) is 4.44. The molecule has 0 saturated carbocycles. The largest absolute Gasteiger partial charge is 0.390 e. The van der Waals surface area contributed by atoms with Gasteiger partial charge in [-0.2, -0.15) is 0 Å². The van der Waals surface area contributed by atoms with Crippen molar-refractivity contribution in [3.63, 3.8) is 0 Å². The van der Waals surface area contributed by atoms with E-state index >= 15 is 0 Å². The zero-order chi connectivity index (χ0) is 14.7. The summed E-state index contributed by atoms with van der Waals surface area (Å²) in [6.07, 6.45) is 13.5. The number of rotatable bonds is 11. The van der Waals surface area contributed by atoms with Gasteiger partial charge in [-0.3, -0.25) is 4.48 Å². The highest BCUT2D eigenvalue weighted by Crippen LogP contribution is 2.17. The number of quaternary nitrogens is 1. The molecular formula is C17H33N2O+. The summed E-state index contributed by atoms with van der Waals surface area (Å²) in [5.74, 6) is 1.27. The fourth-order valence-corrected chi connectivity index (χ4v) is 3.01. The van der Waals surface area contributed by atoms with Crippen LogP contribution in [0, 0.1) is 0 Å². The number of hydrogen-bond acceptors (Lipinski definition) is 2. The van der Waals surface area contributed by atoms with Gasteiger partial charge in [-0.1, -0.05) is 44.8 Å². The molecule has 1 aliphatic heterocycles. The number of likely N-dealkylation sites (N-methyl/N-ethyl adjacent to an activating group) is 1. The fourth-order valence-electron chi connectivity index (χ4n) is 3.01. The van der Waals surface area contributed by atoms with Crippen molar-refractivity contribution in [2.45, 2.75) is 58.8 Å². The van der Waals surface area contributed by atoms with E-state index in [2.05, 4.69) is 31.0 Å². The van der Waals surface area contributed by atoms with Crippen molar-refractivity contribution >= 4 is 5.84 Å². The fraction of sp³-hybridized carbons (Fsp3) is 0.824. The van der Waals surface area contributed by atoms with Crippen LogP contribution in [0.1, 0.15) is 58.8 Å². The smallest absolute Gasteiger partial charge is 0.202 e. The summed E-state index contributed by atoms with van der Waals surface area (Å²) in [5, 5.41) is 9.26. The van der Waals surface area contributed by atoms with Crippen LogP contribution in [-0.4, -0.2) is 48.2 Å². The van der Waals surface area contributed by atoms with Crippen LogP contribution >= 0.6 is 0 Å². The monoisotopic (exact) mass is 281 g/mol. The van der Waals surface area contributed by atoms with Gasteiger partial charge in [-0.15, -0.1) is 0 Å². The Balaban J connectivity index is 2.26. The highest BCUT2D eigenvalue weighted by atomic mass is 16.3. The van der Waals surface area contributed by atoms with E-state index in [-0.39, 0.29) is 6.61 Å². The molecule has 1 atom stereocenters. The predicted octanol–water partition coefficient (Wildman–Crippen LogP) is 3.53. The zero-order valence-corrected chi connectivity index (χ0v) is 13.5. The van der Waals surface area contributed by atoms with E-state index in [4.69, 9.17) is 0 Å². The quantitative estimate of drug-likeness (QED) is 0.351. The Morgan fingerprint density at radius 3 is 2.65 bits per heavy atom. The first kappa shape index (κ1) is 17.4. The zero-order valence-electron chi connectivity index (χ0n) is 13.5. The molecule has 3 nitrogen and oxygen atoms in total. The van der Waals surface area contributed by atoms with Crippen LogP contribution in [0.25, 0.3) is 0 Å². The molecule has 0 aromatic rings. The van der Waals surface area contributed by atoms with Gasteiger partial charge >= 0.3 is 0 Å². The highest BCUT2D eigenvalue weighted by molar-refractivity contribution is 5.78. The van der Waals surface area contributed by atoms with Crippen molar-refractivity contribution in [1.82, 2.24) is 0 Å². The number of nitrogens with zero attached hydrogens (tertiary/aromatic N) is 2. The minimum absolute atomic E-state index is 0.258. The second-order valence-electron chi connectivity index (χ2n) is 5.81. The van der Waals surface area contributed by atoms with Gasteiger partial charge in [0.1, 0.15) is 13.1 Å². The van der Waals surface area contributed by atoms with Crippen molar-refractivity contribution in [2.75, 3.05) is 32.8 Å². The lowest BCUT2D eigenvalue weighted by Crippen LogP contribution is -2.52. The van der Waals surface area contributed by atoms with Gasteiger partial charge < -0.3 is 5.11 Å². The first-order valence-corrected chi connectivity index (χ1v) is 8.45. The maximum atomic E-state index is 9.26. The molecule has 0 amide bonds. The molecule has 1 aliphatic rings. The molecule has 0 aromatic heterocycles. The SMILES string of the molecule is CCCCCCC/C=C/CC1=NCC[N+]1(CC)CCO. The Labute approximate surface area is 125 Å². The Bertz CT molecular complexity index is 312. The van der Waals surface area contributed by atoms with Gasteiger partial charge in [-0.25, -0.2) is 4.99 Å². The molecule has 0 radical (unpaired) electrons. The van der Waals surface area contributed by atoms with Gasteiger partial charge in [-0.05, 0) is 19.8 Å². The lowest BCUT2D eigenvalue weighted by Gasteiger charge is -2.32. The maximum Gasteiger partial charge on any atom is 0.202 e. The number of unbranched alkanes of at least 4 members (excludes halogenated alkanes) is 5. The van der Waals surface area contributed by atoms with E-state index in [1.807, 2.05) is 0 Å². The van der Waals surface area contributed by atoms with E-state index in [0.717, 1.165) is 37.1 Å². The number of aliphatic hydroxyl groups excluding tert-OH is 1. The standard InChI is InChI=1S/C17H33N2O/c1-3-5-6-7-8-9-10-11-12-17-18-13-14-19(17,4-2)15-16-20/h10-11,20H,3-9,12-16H2,1-2H3/q+1/b11-10+. The minimum Gasteiger partial charge on any atom is -0.390 e. The van der Waals surface area contributed by atoms with Gasteiger partial charge in [0.25, 0.3) is 0 Å². The summed E-state index contributed by atoms with van der Waals surface area (Å²) >= 11 is 0. The van der Waals surface area contributed by atoms with Crippen LogP contribution in [0.15, 0.2) is 17.1 Å². The first-order chi connectivity index (χ1) is 9.79. The average Bonchev–Trinajstić information content (AvgIpc) is 2.86. The topological polar surface area (TPSA) is 32.6 Å². The average molecular weight is 281 g/mol. The molecule has 1 N–H and O–H groups in total. The number of allylic oxidation sites excluding steroid dienone is 1. The molecule has 0 aromatic carbocycles. The third-order valence-electron chi connectivity index (χ3n) is 4.44. The molecule has 0 saturated heterocycles. The third kappa shape index (κ3) is 5.37. The maximum absolute atomic E-state index is 9.26. The predicted molar refractivity (Wildman–Crippen MR) is 87.1 cm³/mol. The molecule has 0 bridgehead atoms. The van der Waals surface area contributed by atoms with E-state index < -0.39 is 0 Å². The molecule has 0 fully saturated rings. The summed E-state index contributed by atoms with van der Waals surface area (Å²) in [4.78, 5) is 4.66.